The summed E-state index contributed by atoms with van der Waals surface area (Å²) in [4.78, 5) is 4.34. The van der Waals surface area contributed by atoms with Crippen molar-refractivity contribution in [2.75, 3.05) is 18.4 Å². The van der Waals surface area contributed by atoms with E-state index in [1.807, 2.05) is 19.2 Å². The van der Waals surface area contributed by atoms with Crippen molar-refractivity contribution in [3.8, 4) is 0 Å². The molecule has 31 heavy (non-hydrogen) atoms. The summed E-state index contributed by atoms with van der Waals surface area (Å²) in [6, 6.07) is 10.9. The van der Waals surface area contributed by atoms with Crippen LogP contribution in [0.25, 0.3) is 0 Å². The number of nitrogens with one attached hydrogen (secondary N) is 1. The highest BCUT2D eigenvalue weighted by Crippen LogP contribution is 2.29. The molecule has 1 N–H and O–H groups in total. The molecule has 4 rings (SSSR count). The van der Waals surface area contributed by atoms with Crippen molar-refractivity contribution in [2.24, 2.45) is 7.05 Å². The molecule has 2 aromatic heterocycles. The smallest absolute Gasteiger partial charge is 0.260 e. The number of rotatable bonds is 6. The molecule has 1 saturated heterocycles. The van der Waals surface area contributed by atoms with Gasteiger partial charge in [0, 0.05) is 32.3 Å². The maximum atomic E-state index is 13.5. The summed E-state index contributed by atoms with van der Waals surface area (Å²) in [7, 11) is -1.97. The molecule has 3 heterocycles. The second-order valence-electron chi connectivity index (χ2n) is 7.80. The van der Waals surface area contributed by atoms with Gasteiger partial charge in [-0.1, -0.05) is 23.4 Å². The standard InChI is InChI=1S/C21H25FN6O2S/c1-15(16-6-3-8-18(22)12-16)23-20-9-4-10-21(24-20)31(29,30)28-11-5-7-17(13-28)19-14-27(2)26-25-19/h3-4,6,8-10,12,14-15,17H,5,7,11,13H2,1-2H3,(H,23,24)/t15-,17?/m1/s1. The Morgan fingerprint density at radius 2 is 2.03 bits per heavy atom. The highest BCUT2D eigenvalue weighted by molar-refractivity contribution is 7.89. The van der Waals surface area contributed by atoms with Gasteiger partial charge in [-0.2, -0.15) is 4.31 Å². The van der Waals surface area contributed by atoms with E-state index in [0.29, 0.717) is 18.9 Å². The Balaban J connectivity index is 1.52. The van der Waals surface area contributed by atoms with Gasteiger partial charge in [0.25, 0.3) is 10.0 Å². The van der Waals surface area contributed by atoms with E-state index >= 15 is 0 Å². The number of halogens is 1. The Hall–Kier alpha value is -2.85. The summed E-state index contributed by atoms with van der Waals surface area (Å²) in [5.74, 6) is 0.102. The fraction of sp³-hybridized carbons (Fsp3) is 0.381. The van der Waals surface area contributed by atoms with Gasteiger partial charge < -0.3 is 5.32 Å². The predicted octanol–water partition coefficient (Wildman–Crippen LogP) is 3.09. The molecule has 1 fully saturated rings. The number of aryl methyl sites for hydroxylation is 1. The lowest BCUT2D eigenvalue weighted by Gasteiger charge is -2.30. The fourth-order valence-electron chi connectivity index (χ4n) is 3.81. The van der Waals surface area contributed by atoms with E-state index in [9.17, 15) is 12.8 Å². The number of pyridine rings is 1. The third-order valence-electron chi connectivity index (χ3n) is 5.46. The number of piperidine rings is 1. The lowest BCUT2D eigenvalue weighted by molar-refractivity contribution is 0.311. The van der Waals surface area contributed by atoms with E-state index in [-0.39, 0.29) is 22.8 Å². The van der Waals surface area contributed by atoms with Crippen LogP contribution < -0.4 is 5.32 Å². The molecular weight excluding hydrogens is 419 g/mol. The molecule has 10 heteroatoms. The maximum absolute atomic E-state index is 13.5. The molecule has 0 bridgehead atoms. The van der Waals surface area contributed by atoms with Crippen molar-refractivity contribution in [3.05, 3.63) is 65.7 Å². The summed E-state index contributed by atoms with van der Waals surface area (Å²) in [5.41, 5.74) is 1.55. The van der Waals surface area contributed by atoms with Crippen LogP contribution in [-0.2, 0) is 17.1 Å². The number of hydrogen-bond acceptors (Lipinski definition) is 6. The van der Waals surface area contributed by atoms with Gasteiger partial charge in [-0.25, -0.2) is 17.8 Å². The van der Waals surface area contributed by atoms with Crippen LogP contribution in [0, 0.1) is 5.82 Å². The van der Waals surface area contributed by atoms with Crippen LogP contribution in [0.15, 0.2) is 53.7 Å². The second kappa shape index (κ2) is 8.72. The van der Waals surface area contributed by atoms with Crippen LogP contribution in [0.1, 0.15) is 43.0 Å². The Morgan fingerprint density at radius 3 is 2.77 bits per heavy atom. The van der Waals surface area contributed by atoms with Crippen molar-refractivity contribution in [1.82, 2.24) is 24.3 Å². The van der Waals surface area contributed by atoms with Crippen LogP contribution in [0.2, 0.25) is 0 Å². The van der Waals surface area contributed by atoms with Crippen molar-refractivity contribution in [3.63, 3.8) is 0 Å². The van der Waals surface area contributed by atoms with Crippen LogP contribution in [-0.4, -0.2) is 45.8 Å². The van der Waals surface area contributed by atoms with Gasteiger partial charge in [0.15, 0.2) is 5.03 Å². The number of nitrogens with zero attached hydrogens (tertiary/aromatic N) is 5. The molecule has 0 amide bonds. The number of aromatic nitrogens is 4. The summed E-state index contributed by atoms with van der Waals surface area (Å²) >= 11 is 0. The van der Waals surface area contributed by atoms with Crippen LogP contribution in [0.4, 0.5) is 10.2 Å². The molecule has 1 aliphatic heterocycles. The number of benzene rings is 1. The van der Waals surface area contributed by atoms with Crippen LogP contribution in [0.5, 0.6) is 0 Å². The van der Waals surface area contributed by atoms with Crippen LogP contribution >= 0.6 is 0 Å². The van der Waals surface area contributed by atoms with Gasteiger partial charge in [-0.15, -0.1) is 5.10 Å². The van der Waals surface area contributed by atoms with Gasteiger partial charge in [0.1, 0.15) is 11.6 Å². The van der Waals surface area contributed by atoms with Gasteiger partial charge in [0.05, 0.1) is 11.7 Å². The monoisotopic (exact) mass is 444 g/mol. The number of anilines is 1. The van der Waals surface area contributed by atoms with E-state index in [0.717, 1.165) is 24.1 Å². The highest BCUT2D eigenvalue weighted by Gasteiger charge is 2.33. The Bertz CT molecular complexity index is 1170. The fourth-order valence-corrected chi connectivity index (χ4v) is 5.28. The lowest BCUT2D eigenvalue weighted by Crippen LogP contribution is -2.39. The van der Waals surface area contributed by atoms with E-state index in [4.69, 9.17) is 0 Å². The first-order valence-corrected chi connectivity index (χ1v) is 11.6. The summed E-state index contributed by atoms with van der Waals surface area (Å²) in [6.07, 6.45) is 3.44. The minimum atomic E-state index is -3.76. The molecule has 3 aromatic rings. The minimum absolute atomic E-state index is 0.00605. The van der Waals surface area contributed by atoms with Gasteiger partial charge >= 0.3 is 0 Å². The molecule has 2 atom stereocenters. The molecule has 0 radical (unpaired) electrons. The van der Waals surface area contributed by atoms with Crippen molar-refractivity contribution < 1.29 is 12.8 Å². The molecule has 164 valence electrons. The van der Waals surface area contributed by atoms with E-state index in [1.54, 1.807) is 29.9 Å². The first-order valence-electron chi connectivity index (χ1n) is 10.2. The summed E-state index contributed by atoms with van der Waals surface area (Å²) < 4.78 is 43.1. The van der Waals surface area contributed by atoms with Crippen LogP contribution in [0.3, 0.4) is 0 Å². The molecule has 1 unspecified atom stereocenters. The zero-order valence-corrected chi connectivity index (χ0v) is 18.3. The normalized spacial score (nSPS) is 18.6. The molecule has 0 spiro atoms. The van der Waals surface area contributed by atoms with Crippen molar-refractivity contribution in [2.45, 2.75) is 36.8 Å². The zero-order chi connectivity index (χ0) is 22.0. The Morgan fingerprint density at radius 1 is 1.23 bits per heavy atom. The third kappa shape index (κ3) is 4.75. The van der Waals surface area contributed by atoms with Gasteiger partial charge in [-0.3, -0.25) is 4.68 Å². The zero-order valence-electron chi connectivity index (χ0n) is 17.4. The van der Waals surface area contributed by atoms with Gasteiger partial charge in [0.2, 0.25) is 0 Å². The molecular formula is C21H25FN6O2S. The quantitative estimate of drug-likeness (QED) is 0.628. The second-order valence-corrected chi connectivity index (χ2v) is 9.69. The predicted molar refractivity (Wildman–Crippen MR) is 114 cm³/mol. The molecule has 8 nitrogen and oxygen atoms in total. The first kappa shape index (κ1) is 21.4. The number of hydrogen-bond donors (Lipinski definition) is 1. The summed E-state index contributed by atoms with van der Waals surface area (Å²) in [6.45, 7) is 2.66. The highest BCUT2D eigenvalue weighted by atomic mass is 32.2. The molecule has 1 aromatic carbocycles. The topological polar surface area (TPSA) is 93.0 Å². The first-order chi connectivity index (χ1) is 14.8. The Kier molecular flexibility index (Phi) is 6.01. The molecule has 1 aliphatic rings. The average molecular weight is 445 g/mol. The third-order valence-corrected chi connectivity index (χ3v) is 7.23. The van der Waals surface area contributed by atoms with E-state index in [1.165, 1.54) is 22.5 Å². The average Bonchev–Trinajstić information content (AvgIpc) is 3.20. The minimum Gasteiger partial charge on any atom is -0.364 e. The molecule has 0 saturated carbocycles. The van der Waals surface area contributed by atoms with E-state index in [2.05, 4.69) is 20.6 Å². The maximum Gasteiger partial charge on any atom is 0.260 e. The molecule has 0 aliphatic carbocycles. The lowest BCUT2D eigenvalue weighted by atomic mass is 9.97. The SMILES string of the molecule is C[C@@H](Nc1cccc(S(=O)(=O)N2CCCC(c3cn(C)nn3)C2)n1)c1cccc(F)c1. The largest absolute Gasteiger partial charge is 0.364 e. The Labute approximate surface area is 181 Å². The van der Waals surface area contributed by atoms with Crippen molar-refractivity contribution in [1.29, 1.82) is 0 Å². The number of sulfonamides is 1. The van der Waals surface area contributed by atoms with Crippen molar-refractivity contribution >= 4 is 15.8 Å². The summed E-state index contributed by atoms with van der Waals surface area (Å²) in [5, 5.41) is 11.3. The van der Waals surface area contributed by atoms with Gasteiger partial charge in [-0.05, 0) is 49.6 Å². The van der Waals surface area contributed by atoms with E-state index < -0.39 is 10.0 Å².